The molecule has 0 radical (unpaired) electrons. The topological polar surface area (TPSA) is 55.1 Å². The molecule has 0 bridgehead atoms. The van der Waals surface area contributed by atoms with Crippen LogP contribution in [-0.4, -0.2) is 12.5 Å². The van der Waals surface area contributed by atoms with Gasteiger partial charge >= 0.3 is 0 Å². The molecule has 3 N–H and O–H groups in total. The lowest BCUT2D eigenvalue weighted by Gasteiger charge is -2.21. The number of nitrogens with one attached hydrogen (secondary N) is 1. The normalized spacial score (nSPS) is 14.2. The molecule has 1 aromatic carbocycles. The molecule has 0 heterocycles. The second kappa shape index (κ2) is 7.65. The summed E-state index contributed by atoms with van der Waals surface area (Å²) in [6, 6.07) is 7.90. The van der Waals surface area contributed by atoms with Crippen LogP contribution < -0.4 is 11.1 Å². The van der Waals surface area contributed by atoms with Crippen LogP contribution in [0.4, 0.5) is 0 Å². The first kappa shape index (κ1) is 16.2. The molecule has 2 atom stereocenters. The Morgan fingerprint density at radius 1 is 1.32 bits per heavy atom. The molecular formula is C15H23BrN2O. The van der Waals surface area contributed by atoms with Crippen LogP contribution in [0.25, 0.3) is 0 Å². The fourth-order valence-corrected chi connectivity index (χ4v) is 2.74. The number of hydrogen-bond donors (Lipinski definition) is 2. The van der Waals surface area contributed by atoms with Crippen molar-refractivity contribution in [3.05, 3.63) is 34.3 Å². The van der Waals surface area contributed by atoms with Gasteiger partial charge in [0.2, 0.25) is 5.91 Å². The van der Waals surface area contributed by atoms with Gasteiger partial charge in [-0.05, 0) is 30.9 Å². The van der Waals surface area contributed by atoms with Gasteiger partial charge in [-0.1, -0.05) is 48.0 Å². The van der Waals surface area contributed by atoms with Crippen LogP contribution in [-0.2, 0) is 4.79 Å². The van der Waals surface area contributed by atoms with Crippen molar-refractivity contribution in [3.63, 3.8) is 0 Å². The largest absolute Gasteiger partial charge is 0.349 e. The van der Waals surface area contributed by atoms with Gasteiger partial charge in [-0.3, -0.25) is 4.79 Å². The van der Waals surface area contributed by atoms with E-state index in [1.54, 1.807) is 0 Å². The second-order valence-electron chi connectivity index (χ2n) is 5.31. The molecule has 1 rings (SSSR count). The van der Waals surface area contributed by atoms with E-state index in [1.165, 1.54) is 0 Å². The Morgan fingerprint density at radius 2 is 1.95 bits per heavy atom. The second-order valence-corrected chi connectivity index (χ2v) is 6.17. The first-order valence-corrected chi connectivity index (χ1v) is 7.49. The van der Waals surface area contributed by atoms with E-state index in [2.05, 4.69) is 35.1 Å². The maximum absolute atomic E-state index is 12.2. The lowest BCUT2D eigenvalue weighted by atomic mass is 9.96. The number of nitrogens with two attached hydrogens (primary N) is 1. The third kappa shape index (κ3) is 4.96. The van der Waals surface area contributed by atoms with Crippen molar-refractivity contribution in [2.45, 2.75) is 33.2 Å². The molecule has 1 amide bonds. The Morgan fingerprint density at radius 3 is 2.47 bits per heavy atom. The maximum atomic E-state index is 12.2. The summed E-state index contributed by atoms with van der Waals surface area (Å²) in [7, 11) is 0. The van der Waals surface area contributed by atoms with Crippen LogP contribution in [0.2, 0.25) is 0 Å². The summed E-state index contributed by atoms with van der Waals surface area (Å²) in [5.74, 6) is 0.405. The summed E-state index contributed by atoms with van der Waals surface area (Å²) in [5.41, 5.74) is 6.78. The standard InChI is InChI=1S/C15H23BrN2O/c1-10(2)8-12(9-17)15(19)18-11(3)13-6-4-5-7-14(13)16/h4-7,10-12H,8-9,17H2,1-3H3,(H,18,19)/t11-,12?/m1/s1. The Hall–Kier alpha value is -0.870. The molecule has 19 heavy (non-hydrogen) atoms. The highest BCUT2D eigenvalue weighted by molar-refractivity contribution is 9.10. The monoisotopic (exact) mass is 326 g/mol. The maximum Gasteiger partial charge on any atom is 0.224 e. The van der Waals surface area contributed by atoms with Crippen LogP contribution in [0.3, 0.4) is 0 Å². The Balaban J connectivity index is 2.68. The minimum absolute atomic E-state index is 0.0238. The predicted octanol–water partition coefficient (Wildman–Crippen LogP) is 3.25. The molecule has 0 saturated heterocycles. The van der Waals surface area contributed by atoms with Gasteiger partial charge in [-0.15, -0.1) is 0 Å². The SMILES string of the molecule is CC(C)CC(CN)C(=O)N[C@H](C)c1ccccc1Br. The summed E-state index contributed by atoms with van der Waals surface area (Å²) >= 11 is 3.51. The number of rotatable bonds is 6. The first-order chi connectivity index (χ1) is 8.95. The summed E-state index contributed by atoms with van der Waals surface area (Å²) in [6.07, 6.45) is 0.824. The third-order valence-corrected chi connectivity index (χ3v) is 3.86. The zero-order chi connectivity index (χ0) is 14.4. The molecule has 0 spiro atoms. The van der Waals surface area contributed by atoms with E-state index in [-0.39, 0.29) is 17.9 Å². The van der Waals surface area contributed by atoms with Gasteiger partial charge in [0.05, 0.1) is 12.0 Å². The van der Waals surface area contributed by atoms with Gasteiger partial charge in [-0.2, -0.15) is 0 Å². The smallest absolute Gasteiger partial charge is 0.224 e. The molecule has 0 saturated carbocycles. The van der Waals surface area contributed by atoms with Gasteiger partial charge in [0.15, 0.2) is 0 Å². The van der Waals surface area contributed by atoms with Crippen LogP contribution in [0.15, 0.2) is 28.7 Å². The minimum Gasteiger partial charge on any atom is -0.349 e. The molecule has 106 valence electrons. The number of amides is 1. The number of benzene rings is 1. The quantitative estimate of drug-likeness (QED) is 0.843. The van der Waals surface area contributed by atoms with Gasteiger partial charge in [-0.25, -0.2) is 0 Å². The van der Waals surface area contributed by atoms with Crippen LogP contribution in [0, 0.1) is 11.8 Å². The van der Waals surface area contributed by atoms with E-state index in [0.717, 1.165) is 16.5 Å². The van der Waals surface area contributed by atoms with Crippen molar-refractivity contribution in [1.82, 2.24) is 5.32 Å². The van der Waals surface area contributed by atoms with Gasteiger partial charge in [0.1, 0.15) is 0 Å². The lowest BCUT2D eigenvalue weighted by Crippen LogP contribution is -2.37. The fraction of sp³-hybridized carbons (Fsp3) is 0.533. The van der Waals surface area contributed by atoms with Crippen LogP contribution >= 0.6 is 15.9 Å². The molecule has 0 fully saturated rings. The van der Waals surface area contributed by atoms with E-state index in [1.807, 2.05) is 31.2 Å². The van der Waals surface area contributed by atoms with E-state index in [4.69, 9.17) is 5.73 Å². The minimum atomic E-state index is -0.107. The van der Waals surface area contributed by atoms with Gasteiger partial charge in [0.25, 0.3) is 0 Å². The third-order valence-electron chi connectivity index (χ3n) is 3.14. The summed E-state index contributed by atoms with van der Waals surface area (Å²) in [5, 5.41) is 3.04. The van der Waals surface area contributed by atoms with Crippen molar-refractivity contribution >= 4 is 21.8 Å². The van der Waals surface area contributed by atoms with Crippen molar-refractivity contribution in [2.24, 2.45) is 17.6 Å². The number of carbonyl (C=O) groups excluding carboxylic acids is 1. The van der Waals surface area contributed by atoms with Crippen molar-refractivity contribution in [2.75, 3.05) is 6.54 Å². The molecule has 3 nitrogen and oxygen atoms in total. The van der Waals surface area contributed by atoms with E-state index in [0.29, 0.717) is 12.5 Å². The molecule has 0 aliphatic rings. The molecule has 1 aromatic rings. The van der Waals surface area contributed by atoms with Crippen LogP contribution in [0.5, 0.6) is 0 Å². The fourth-order valence-electron chi connectivity index (χ4n) is 2.11. The van der Waals surface area contributed by atoms with Gasteiger partial charge in [0, 0.05) is 11.0 Å². The van der Waals surface area contributed by atoms with Gasteiger partial charge < -0.3 is 11.1 Å². The molecule has 0 aromatic heterocycles. The zero-order valence-corrected chi connectivity index (χ0v) is 13.4. The highest BCUT2D eigenvalue weighted by Crippen LogP contribution is 2.23. The Bertz CT molecular complexity index is 420. The Kier molecular flexibility index (Phi) is 6.52. The highest BCUT2D eigenvalue weighted by atomic mass is 79.9. The lowest BCUT2D eigenvalue weighted by molar-refractivity contribution is -0.125. The average Bonchev–Trinajstić information content (AvgIpc) is 2.35. The zero-order valence-electron chi connectivity index (χ0n) is 11.8. The van der Waals surface area contributed by atoms with Crippen molar-refractivity contribution in [3.8, 4) is 0 Å². The Labute approximate surface area is 124 Å². The predicted molar refractivity (Wildman–Crippen MR) is 82.7 cm³/mol. The van der Waals surface area contributed by atoms with Crippen molar-refractivity contribution in [1.29, 1.82) is 0 Å². The van der Waals surface area contributed by atoms with E-state index < -0.39 is 0 Å². The van der Waals surface area contributed by atoms with E-state index in [9.17, 15) is 4.79 Å². The number of halogens is 1. The molecule has 1 unspecified atom stereocenters. The summed E-state index contributed by atoms with van der Waals surface area (Å²) in [4.78, 5) is 12.2. The molecular weight excluding hydrogens is 304 g/mol. The van der Waals surface area contributed by atoms with Crippen molar-refractivity contribution < 1.29 is 4.79 Å². The molecule has 4 heteroatoms. The average molecular weight is 327 g/mol. The summed E-state index contributed by atoms with van der Waals surface area (Å²) in [6.45, 7) is 6.59. The number of carbonyl (C=O) groups is 1. The van der Waals surface area contributed by atoms with Crippen LogP contribution in [0.1, 0.15) is 38.8 Å². The number of hydrogen-bond acceptors (Lipinski definition) is 2. The van der Waals surface area contributed by atoms with E-state index >= 15 is 0 Å². The first-order valence-electron chi connectivity index (χ1n) is 6.70. The molecule has 0 aliphatic carbocycles. The summed E-state index contributed by atoms with van der Waals surface area (Å²) < 4.78 is 1.01. The molecule has 0 aliphatic heterocycles. The highest BCUT2D eigenvalue weighted by Gasteiger charge is 2.20.